The number of likely N-dealkylation sites (tertiary alicyclic amines) is 1. The number of carbonyl (C=O) groups excluding carboxylic acids is 2. The lowest BCUT2D eigenvalue weighted by molar-refractivity contribution is -0.141. The van der Waals surface area contributed by atoms with Gasteiger partial charge in [0.15, 0.2) is 0 Å². The van der Waals surface area contributed by atoms with Crippen molar-refractivity contribution in [3.05, 3.63) is 30.1 Å². The zero-order valence-corrected chi connectivity index (χ0v) is 16.9. The van der Waals surface area contributed by atoms with Gasteiger partial charge >= 0.3 is 0 Å². The highest BCUT2D eigenvalue weighted by molar-refractivity contribution is 7.90. The number of amides is 2. The molecule has 2 aliphatic heterocycles. The molecule has 1 aromatic heterocycles. The summed E-state index contributed by atoms with van der Waals surface area (Å²) in [6, 6.07) is 5.59. The average molecular weight is 410 g/mol. The fourth-order valence-electron chi connectivity index (χ4n) is 3.84. The van der Waals surface area contributed by atoms with E-state index in [1.54, 1.807) is 11.1 Å². The summed E-state index contributed by atoms with van der Waals surface area (Å²) in [7, 11) is -3.21. The fraction of sp³-hybridized carbons (Fsp3) is 0.632. The van der Waals surface area contributed by atoms with Crippen LogP contribution in [-0.2, 0) is 30.6 Å². The number of hydrogen-bond acceptors (Lipinski definition) is 6. The summed E-state index contributed by atoms with van der Waals surface area (Å²) in [6.45, 7) is 1.34. The number of sulfone groups is 1. The summed E-state index contributed by atoms with van der Waals surface area (Å²) >= 11 is 0. The Kier molecular flexibility index (Phi) is 6.66. The minimum atomic E-state index is -3.21. The molecule has 28 heavy (non-hydrogen) atoms. The molecule has 2 fully saturated rings. The lowest BCUT2D eigenvalue weighted by Crippen LogP contribution is -2.55. The van der Waals surface area contributed by atoms with Gasteiger partial charge in [-0.2, -0.15) is 0 Å². The minimum Gasteiger partial charge on any atom is -0.376 e. The predicted molar refractivity (Wildman–Crippen MR) is 103 cm³/mol. The second-order valence-electron chi connectivity index (χ2n) is 7.49. The third kappa shape index (κ3) is 5.51. The number of ether oxygens (including phenoxy) is 1. The first-order valence-corrected chi connectivity index (χ1v) is 11.7. The zero-order chi connectivity index (χ0) is 20.1. The summed E-state index contributed by atoms with van der Waals surface area (Å²) in [6.07, 6.45) is 4.56. The maximum Gasteiger partial charge on any atom is 0.225 e. The van der Waals surface area contributed by atoms with Crippen molar-refractivity contribution in [3.63, 3.8) is 0 Å². The van der Waals surface area contributed by atoms with Crippen LogP contribution in [0.1, 0.15) is 25.0 Å². The van der Waals surface area contributed by atoms with Crippen molar-refractivity contribution >= 4 is 21.7 Å². The third-order valence-electron chi connectivity index (χ3n) is 5.29. The van der Waals surface area contributed by atoms with Gasteiger partial charge in [-0.25, -0.2) is 8.42 Å². The van der Waals surface area contributed by atoms with E-state index >= 15 is 0 Å². The van der Waals surface area contributed by atoms with Crippen molar-refractivity contribution in [2.24, 2.45) is 5.92 Å². The van der Waals surface area contributed by atoms with E-state index in [1.165, 1.54) is 0 Å². The molecule has 0 aliphatic carbocycles. The first-order chi connectivity index (χ1) is 13.3. The highest BCUT2D eigenvalue weighted by Gasteiger charge is 2.43. The molecule has 3 rings (SSSR count). The van der Waals surface area contributed by atoms with Gasteiger partial charge in [0.2, 0.25) is 11.8 Å². The molecule has 0 aromatic carbocycles. The SMILES string of the molecule is CS(=O)(=O)CCC(=O)N1C[C@@H](C(=O)NCCc2ccccn2)C[C@H]2OCC[C@H]21. The van der Waals surface area contributed by atoms with Crippen molar-refractivity contribution < 1.29 is 22.7 Å². The van der Waals surface area contributed by atoms with Crippen molar-refractivity contribution in [1.29, 1.82) is 0 Å². The minimum absolute atomic E-state index is 0.0595. The summed E-state index contributed by atoms with van der Waals surface area (Å²) in [5, 5.41) is 2.93. The van der Waals surface area contributed by atoms with E-state index in [4.69, 9.17) is 4.74 Å². The van der Waals surface area contributed by atoms with Crippen molar-refractivity contribution in [3.8, 4) is 0 Å². The number of hydrogen-bond donors (Lipinski definition) is 1. The molecule has 9 heteroatoms. The van der Waals surface area contributed by atoms with Crippen LogP contribution in [0.3, 0.4) is 0 Å². The Labute approximate surface area is 165 Å². The molecular formula is C19H27N3O5S. The van der Waals surface area contributed by atoms with Crippen molar-refractivity contribution in [2.75, 3.05) is 31.7 Å². The van der Waals surface area contributed by atoms with E-state index in [-0.39, 0.29) is 42.1 Å². The number of nitrogens with zero attached hydrogens (tertiary/aromatic N) is 2. The predicted octanol–water partition coefficient (Wildman–Crippen LogP) is 0.181. The first kappa shape index (κ1) is 20.7. The Balaban J connectivity index is 1.57. The first-order valence-electron chi connectivity index (χ1n) is 9.60. The largest absolute Gasteiger partial charge is 0.376 e. The fourth-order valence-corrected chi connectivity index (χ4v) is 4.39. The lowest BCUT2D eigenvalue weighted by Gasteiger charge is -2.40. The third-order valence-corrected chi connectivity index (χ3v) is 6.24. The molecule has 154 valence electrons. The van der Waals surface area contributed by atoms with Gasteiger partial charge in [0.25, 0.3) is 0 Å². The molecule has 2 saturated heterocycles. The van der Waals surface area contributed by atoms with Crippen molar-refractivity contribution in [1.82, 2.24) is 15.2 Å². The number of fused-ring (bicyclic) bond motifs is 1. The highest BCUT2D eigenvalue weighted by atomic mass is 32.2. The molecule has 3 atom stereocenters. The second-order valence-corrected chi connectivity index (χ2v) is 9.75. The van der Waals surface area contributed by atoms with Gasteiger partial charge < -0.3 is 15.0 Å². The molecule has 2 aliphatic rings. The number of pyridine rings is 1. The topological polar surface area (TPSA) is 106 Å². The quantitative estimate of drug-likeness (QED) is 0.689. The van der Waals surface area contributed by atoms with Crippen LogP contribution >= 0.6 is 0 Å². The van der Waals surface area contributed by atoms with Gasteiger partial charge in [0.1, 0.15) is 9.84 Å². The van der Waals surface area contributed by atoms with Gasteiger partial charge in [-0.3, -0.25) is 14.6 Å². The smallest absolute Gasteiger partial charge is 0.225 e. The van der Waals surface area contributed by atoms with Crippen molar-refractivity contribution in [2.45, 2.75) is 37.8 Å². The van der Waals surface area contributed by atoms with Gasteiger partial charge in [-0.1, -0.05) is 6.07 Å². The van der Waals surface area contributed by atoms with Crippen LogP contribution in [0.5, 0.6) is 0 Å². The standard InChI is InChI=1S/C19H27N3O5S/c1-28(25,26)11-7-18(23)22-13-14(12-17-16(22)6-10-27-17)19(24)21-9-5-15-4-2-3-8-20-15/h2-4,8,14,16-17H,5-7,9-13H2,1H3,(H,21,24)/t14-,16+,17+/m0/s1. The molecule has 2 amide bonds. The van der Waals surface area contributed by atoms with Crippen LogP contribution in [0.4, 0.5) is 0 Å². The maximum absolute atomic E-state index is 12.6. The molecular weight excluding hydrogens is 382 g/mol. The van der Waals surface area contributed by atoms with Gasteiger partial charge in [0, 0.05) is 50.7 Å². The van der Waals surface area contributed by atoms with E-state index in [0.717, 1.165) is 18.4 Å². The Morgan fingerprint density at radius 3 is 2.89 bits per heavy atom. The molecule has 3 heterocycles. The molecule has 0 saturated carbocycles. The summed E-state index contributed by atoms with van der Waals surface area (Å²) in [5.74, 6) is -0.866. The van der Waals surface area contributed by atoms with Crippen LogP contribution in [0.2, 0.25) is 0 Å². The van der Waals surface area contributed by atoms with Crippen LogP contribution in [-0.4, -0.2) is 74.0 Å². The number of rotatable bonds is 7. The Bertz CT molecular complexity index is 799. The van der Waals surface area contributed by atoms with Gasteiger partial charge in [-0.15, -0.1) is 0 Å². The lowest BCUT2D eigenvalue weighted by atomic mass is 9.89. The summed E-state index contributed by atoms with van der Waals surface area (Å²) in [4.78, 5) is 31.2. The molecule has 8 nitrogen and oxygen atoms in total. The van der Waals surface area contributed by atoms with E-state index in [9.17, 15) is 18.0 Å². The van der Waals surface area contributed by atoms with E-state index < -0.39 is 9.84 Å². The maximum atomic E-state index is 12.6. The Hall–Kier alpha value is -2.00. The second kappa shape index (κ2) is 9.00. The Morgan fingerprint density at radius 1 is 1.36 bits per heavy atom. The normalized spacial score (nSPS) is 24.6. The summed E-state index contributed by atoms with van der Waals surface area (Å²) in [5.41, 5.74) is 0.906. The molecule has 0 radical (unpaired) electrons. The average Bonchev–Trinajstić information content (AvgIpc) is 3.14. The van der Waals surface area contributed by atoms with Crippen LogP contribution < -0.4 is 5.32 Å². The number of nitrogens with one attached hydrogen (secondary N) is 1. The van der Waals surface area contributed by atoms with Crippen LogP contribution in [0.15, 0.2) is 24.4 Å². The number of carbonyl (C=O) groups is 2. The van der Waals surface area contributed by atoms with E-state index in [1.807, 2.05) is 18.2 Å². The molecule has 0 spiro atoms. The zero-order valence-electron chi connectivity index (χ0n) is 16.0. The van der Waals surface area contributed by atoms with Gasteiger partial charge in [0.05, 0.1) is 23.8 Å². The molecule has 0 unspecified atom stereocenters. The summed E-state index contributed by atoms with van der Waals surface area (Å²) < 4.78 is 28.5. The number of piperidine rings is 1. The Morgan fingerprint density at radius 2 is 2.18 bits per heavy atom. The monoisotopic (exact) mass is 409 g/mol. The van der Waals surface area contributed by atoms with Gasteiger partial charge in [-0.05, 0) is 25.0 Å². The van der Waals surface area contributed by atoms with Crippen LogP contribution in [0.25, 0.3) is 0 Å². The van der Waals surface area contributed by atoms with E-state index in [0.29, 0.717) is 32.5 Å². The van der Waals surface area contributed by atoms with E-state index in [2.05, 4.69) is 10.3 Å². The number of aromatic nitrogens is 1. The highest BCUT2D eigenvalue weighted by Crippen LogP contribution is 2.32. The molecule has 1 N–H and O–H groups in total. The van der Waals surface area contributed by atoms with Crippen LogP contribution in [0, 0.1) is 5.92 Å². The molecule has 1 aromatic rings. The molecule has 0 bridgehead atoms.